The summed E-state index contributed by atoms with van der Waals surface area (Å²) < 4.78 is 1.81. The molecule has 0 fully saturated rings. The summed E-state index contributed by atoms with van der Waals surface area (Å²) in [6.45, 7) is 6.24. The average Bonchev–Trinajstić information content (AvgIpc) is 3.09. The molecular weight excluding hydrogens is 284 g/mol. The average molecular weight is 302 g/mol. The summed E-state index contributed by atoms with van der Waals surface area (Å²) in [5, 5.41) is 5.55. The number of nitrogen functional groups attached to an aromatic ring is 1. The molecule has 0 spiro atoms. The first kappa shape index (κ1) is 13.9. The first-order valence-electron chi connectivity index (χ1n) is 7.17. The largest absolute Gasteiger partial charge is 0.368 e. The predicted molar refractivity (Wildman–Crippen MR) is 84.9 cm³/mol. The molecule has 110 valence electrons. The molecule has 3 aromatic rings. The molecule has 21 heavy (non-hydrogen) atoms. The van der Waals surface area contributed by atoms with Gasteiger partial charge in [0.2, 0.25) is 5.95 Å². The van der Waals surface area contributed by atoms with Gasteiger partial charge in [-0.2, -0.15) is 9.67 Å². The molecule has 7 heteroatoms. The highest BCUT2D eigenvalue weighted by Crippen LogP contribution is 2.29. The van der Waals surface area contributed by atoms with Crippen molar-refractivity contribution in [3.8, 4) is 5.82 Å². The summed E-state index contributed by atoms with van der Waals surface area (Å²) in [6, 6.07) is 2.13. The van der Waals surface area contributed by atoms with Crippen LogP contribution in [0.3, 0.4) is 0 Å². The number of rotatable bonds is 4. The lowest BCUT2D eigenvalue weighted by molar-refractivity contribution is 0.774. The Morgan fingerprint density at radius 2 is 1.90 bits per heavy atom. The molecule has 0 saturated heterocycles. The number of aryl methyl sites for hydroxylation is 3. The minimum atomic E-state index is 0.276. The van der Waals surface area contributed by atoms with Crippen LogP contribution in [0.25, 0.3) is 16.0 Å². The van der Waals surface area contributed by atoms with Crippen LogP contribution in [0.2, 0.25) is 0 Å². The number of nitrogens with two attached hydrogens (primary N) is 1. The quantitative estimate of drug-likeness (QED) is 0.800. The van der Waals surface area contributed by atoms with E-state index in [1.807, 2.05) is 11.6 Å². The van der Waals surface area contributed by atoms with Gasteiger partial charge in [0.15, 0.2) is 11.6 Å². The zero-order chi connectivity index (χ0) is 15.0. The first-order valence-corrected chi connectivity index (χ1v) is 7.99. The number of aromatic nitrogens is 5. The number of anilines is 1. The lowest BCUT2D eigenvalue weighted by Gasteiger charge is -2.05. The monoisotopic (exact) mass is 302 g/mol. The normalized spacial score (nSPS) is 11.4. The number of thiophene rings is 1. The Kier molecular flexibility index (Phi) is 3.59. The van der Waals surface area contributed by atoms with Gasteiger partial charge >= 0.3 is 0 Å². The first-order chi connectivity index (χ1) is 10.2. The van der Waals surface area contributed by atoms with Crippen molar-refractivity contribution in [2.45, 2.75) is 40.0 Å². The van der Waals surface area contributed by atoms with E-state index < -0.39 is 0 Å². The zero-order valence-corrected chi connectivity index (χ0v) is 13.2. The standard InChI is InChI=1S/C14H18N6S/c1-4-8-7-9-12(17-14(15)18-13(9)21-8)20-11(6-3)16-10(5-2)19-20/h7H,4-6H2,1-3H3,(H2,15,17,18). The molecule has 3 heterocycles. The molecule has 0 aliphatic heterocycles. The van der Waals surface area contributed by atoms with E-state index in [2.05, 4.69) is 40.0 Å². The zero-order valence-electron chi connectivity index (χ0n) is 12.4. The highest BCUT2D eigenvalue weighted by atomic mass is 32.1. The van der Waals surface area contributed by atoms with Gasteiger partial charge in [-0.05, 0) is 12.5 Å². The number of fused-ring (bicyclic) bond motifs is 1. The number of hydrogen-bond acceptors (Lipinski definition) is 6. The van der Waals surface area contributed by atoms with Crippen LogP contribution in [0.1, 0.15) is 37.3 Å². The molecular formula is C14H18N6S. The third-order valence-electron chi connectivity index (χ3n) is 3.34. The summed E-state index contributed by atoms with van der Waals surface area (Å²) in [4.78, 5) is 15.5. The molecule has 0 unspecified atom stereocenters. The fourth-order valence-electron chi connectivity index (χ4n) is 2.25. The summed E-state index contributed by atoms with van der Waals surface area (Å²) in [6.07, 6.45) is 2.56. The van der Waals surface area contributed by atoms with Gasteiger partial charge < -0.3 is 5.73 Å². The second-order valence-corrected chi connectivity index (χ2v) is 5.87. The summed E-state index contributed by atoms with van der Waals surface area (Å²) in [5.74, 6) is 2.73. The van der Waals surface area contributed by atoms with Crippen LogP contribution in [0.4, 0.5) is 5.95 Å². The van der Waals surface area contributed by atoms with Crippen molar-refractivity contribution < 1.29 is 0 Å². The SMILES string of the molecule is CCc1nc(CC)n(-c2nc(N)nc3sc(CC)cc23)n1. The van der Waals surface area contributed by atoms with E-state index in [1.54, 1.807) is 11.3 Å². The molecule has 3 rings (SSSR count). The van der Waals surface area contributed by atoms with Crippen LogP contribution in [-0.4, -0.2) is 24.7 Å². The number of nitrogens with zero attached hydrogens (tertiary/aromatic N) is 5. The third-order valence-corrected chi connectivity index (χ3v) is 4.51. The smallest absolute Gasteiger partial charge is 0.223 e. The molecule has 0 radical (unpaired) electrons. The van der Waals surface area contributed by atoms with Crippen LogP contribution in [0.5, 0.6) is 0 Å². The molecule has 3 aromatic heterocycles. The van der Waals surface area contributed by atoms with E-state index in [0.29, 0.717) is 0 Å². The van der Waals surface area contributed by atoms with Crippen LogP contribution >= 0.6 is 11.3 Å². The third kappa shape index (κ3) is 2.37. The Morgan fingerprint density at radius 1 is 1.10 bits per heavy atom. The Hall–Kier alpha value is -2.02. The van der Waals surface area contributed by atoms with Gasteiger partial charge in [-0.25, -0.2) is 9.97 Å². The maximum atomic E-state index is 5.87. The van der Waals surface area contributed by atoms with E-state index in [1.165, 1.54) is 4.88 Å². The molecule has 2 N–H and O–H groups in total. The Morgan fingerprint density at radius 3 is 2.57 bits per heavy atom. The van der Waals surface area contributed by atoms with Crippen molar-refractivity contribution in [1.82, 2.24) is 24.7 Å². The minimum absolute atomic E-state index is 0.276. The maximum Gasteiger partial charge on any atom is 0.223 e. The second kappa shape index (κ2) is 5.40. The van der Waals surface area contributed by atoms with Crippen molar-refractivity contribution in [2.24, 2.45) is 0 Å². The lowest BCUT2D eigenvalue weighted by atomic mass is 10.3. The van der Waals surface area contributed by atoms with Crippen molar-refractivity contribution in [3.05, 3.63) is 22.6 Å². The van der Waals surface area contributed by atoms with Crippen LogP contribution in [0.15, 0.2) is 6.07 Å². The Bertz CT molecular complexity index is 788. The van der Waals surface area contributed by atoms with Crippen LogP contribution in [-0.2, 0) is 19.3 Å². The second-order valence-electron chi connectivity index (χ2n) is 4.75. The number of hydrogen-bond donors (Lipinski definition) is 1. The molecule has 0 bridgehead atoms. The van der Waals surface area contributed by atoms with Gasteiger partial charge in [-0.15, -0.1) is 16.4 Å². The van der Waals surface area contributed by atoms with Crippen LogP contribution < -0.4 is 5.73 Å². The fourth-order valence-corrected chi connectivity index (χ4v) is 3.22. The maximum absolute atomic E-state index is 5.87. The van der Waals surface area contributed by atoms with Gasteiger partial charge in [0, 0.05) is 17.7 Å². The molecule has 6 nitrogen and oxygen atoms in total. The van der Waals surface area contributed by atoms with Gasteiger partial charge in [-0.1, -0.05) is 20.8 Å². The minimum Gasteiger partial charge on any atom is -0.368 e. The van der Waals surface area contributed by atoms with E-state index in [9.17, 15) is 0 Å². The van der Waals surface area contributed by atoms with Crippen molar-refractivity contribution in [2.75, 3.05) is 5.73 Å². The van der Waals surface area contributed by atoms with E-state index >= 15 is 0 Å². The van der Waals surface area contributed by atoms with E-state index in [4.69, 9.17) is 5.73 Å². The Balaban J connectivity index is 2.28. The molecule has 0 saturated carbocycles. The van der Waals surface area contributed by atoms with Gasteiger partial charge in [0.1, 0.15) is 10.7 Å². The Labute approximate surface area is 127 Å². The van der Waals surface area contributed by atoms with Crippen LogP contribution in [0, 0.1) is 0 Å². The molecule has 0 aliphatic carbocycles. The lowest BCUT2D eigenvalue weighted by Crippen LogP contribution is -2.07. The summed E-state index contributed by atoms with van der Waals surface area (Å²) in [7, 11) is 0. The highest BCUT2D eigenvalue weighted by molar-refractivity contribution is 7.18. The van der Waals surface area contributed by atoms with Gasteiger partial charge in [0.05, 0.1) is 5.39 Å². The van der Waals surface area contributed by atoms with Gasteiger partial charge in [0.25, 0.3) is 0 Å². The van der Waals surface area contributed by atoms with Crippen molar-refractivity contribution >= 4 is 27.5 Å². The van der Waals surface area contributed by atoms with Gasteiger partial charge in [-0.3, -0.25) is 0 Å². The van der Waals surface area contributed by atoms with E-state index in [0.717, 1.165) is 46.9 Å². The predicted octanol–water partition coefficient (Wildman–Crippen LogP) is 2.54. The summed E-state index contributed by atoms with van der Waals surface area (Å²) in [5.41, 5.74) is 5.87. The van der Waals surface area contributed by atoms with Crippen molar-refractivity contribution in [1.29, 1.82) is 0 Å². The molecule has 0 aliphatic rings. The topological polar surface area (TPSA) is 82.5 Å². The fraction of sp³-hybridized carbons (Fsp3) is 0.429. The molecule has 0 atom stereocenters. The molecule has 0 aromatic carbocycles. The van der Waals surface area contributed by atoms with E-state index in [-0.39, 0.29) is 5.95 Å². The molecule has 0 amide bonds. The highest BCUT2D eigenvalue weighted by Gasteiger charge is 2.16. The van der Waals surface area contributed by atoms with Crippen molar-refractivity contribution in [3.63, 3.8) is 0 Å². The summed E-state index contributed by atoms with van der Waals surface area (Å²) >= 11 is 1.65.